The van der Waals surface area contributed by atoms with Crippen LogP contribution in [0.5, 0.6) is 5.75 Å². The zero-order chi connectivity index (χ0) is 54.1. The van der Waals surface area contributed by atoms with Gasteiger partial charge in [0.1, 0.15) is 16.9 Å². The third-order valence-electron chi connectivity index (χ3n) is 16.8. The zero-order valence-corrected chi connectivity index (χ0v) is 44.5. The van der Waals surface area contributed by atoms with Crippen molar-refractivity contribution in [1.29, 1.82) is 0 Å². The summed E-state index contributed by atoms with van der Waals surface area (Å²) >= 11 is 14.5. The van der Waals surface area contributed by atoms with E-state index in [0.717, 1.165) is 91.9 Å². The lowest BCUT2D eigenvalue weighted by Gasteiger charge is -2.34. The summed E-state index contributed by atoms with van der Waals surface area (Å²) in [5.41, 5.74) is 11.8. The second-order valence-electron chi connectivity index (χ2n) is 21.4. The van der Waals surface area contributed by atoms with Gasteiger partial charge < -0.3 is 26.7 Å². The molecule has 8 nitrogen and oxygen atoms in total. The molecule has 4 aliphatic rings. The number of pyridine rings is 1. The number of benzene rings is 8. The van der Waals surface area contributed by atoms with Crippen molar-refractivity contribution in [2.24, 2.45) is 0 Å². The number of rotatable bonds is 8. The van der Waals surface area contributed by atoms with E-state index in [4.69, 9.17) is 32.4 Å². The van der Waals surface area contributed by atoms with Gasteiger partial charge in [0.25, 0.3) is 11.1 Å². The highest BCUT2D eigenvalue weighted by Gasteiger charge is 2.57. The Morgan fingerprint density at radius 3 is 2.05 bits per heavy atom. The second-order valence-corrected chi connectivity index (χ2v) is 22.2. The van der Waals surface area contributed by atoms with Gasteiger partial charge in [0.2, 0.25) is 0 Å². The molecule has 0 unspecified atom stereocenters. The van der Waals surface area contributed by atoms with Crippen LogP contribution in [-0.2, 0) is 30.5 Å². The Hall–Kier alpha value is -8.64. The van der Waals surface area contributed by atoms with E-state index in [9.17, 15) is 14.4 Å². The van der Waals surface area contributed by atoms with Crippen molar-refractivity contribution >= 4 is 90.9 Å². The lowest BCUT2D eigenvalue weighted by atomic mass is 9.84. The second kappa shape index (κ2) is 18.5. The quantitative estimate of drug-likeness (QED) is 0.0497. The smallest absolute Gasteiger partial charge is 0.456 e. The Labute approximate surface area is 467 Å². The van der Waals surface area contributed by atoms with Crippen LogP contribution in [0.4, 0.5) is 8.63 Å². The van der Waals surface area contributed by atoms with E-state index in [1.54, 1.807) is 30.3 Å². The van der Waals surface area contributed by atoms with Crippen LogP contribution in [-0.4, -0.2) is 32.2 Å². The van der Waals surface area contributed by atoms with Crippen molar-refractivity contribution < 1.29 is 27.1 Å². The summed E-state index contributed by atoms with van der Waals surface area (Å²) in [4.78, 5) is 42.1. The van der Waals surface area contributed by atoms with E-state index >= 15 is 8.63 Å². The molecular weight excluding hydrogens is 1050 g/mol. The third kappa shape index (κ3) is 7.47. The van der Waals surface area contributed by atoms with Gasteiger partial charge in [-0.1, -0.05) is 120 Å². The van der Waals surface area contributed by atoms with E-state index in [0.29, 0.717) is 92.6 Å². The van der Waals surface area contributed by atoms with Crippen LogP contribution in [0.3, 0.4) is 0 Å². The molecule has 8 aromatic carbocycles. The molecule has 11 aromatic rings. The molecule has 5 heterocycles. The highest BCUT2D eigenvalue weighted by Crippen LogP contribution is 2.51. The van der Waals surface area contributed by atoms with Crippen LogP contribution in [0.2, 0.25) is 10.0 Å². The first-order chi connectivity index (χ1) is 39.0. The van der Waals surface area contributed by atoms with Crippen molar-refractivity contribution in [1.82, 2.24) is 9.05 Å². The summed E-state index contributed by atoms with van der Waals surface area (Å²) in [6, 6.07) is 51.3. The standard InChI is InChI=1S/C67H46BCl2F2N3O5/c69-53-36-46(37-54(70)62(53)63-55-34-43-18-9-16-40-14-4-6-20-47(40)64(43)74(55)68(71,72)75-56(63)35-44-19-10-17-41-15-5-7-21-48(41)65(44)75)79-59(76)22-8-11-38-23-26-45(27-24-38)73-66(77)50-29-28-49-52-33-42(39-12-2-1-3-13-39)25-31-57(52)80-58-32-30-51(67(73)78)60(50)61(49)58/h1-7,12-15,20-21,23-37H,8-11,16-19,22H2. The first kappa shape index (κ1) is 48.5. The molecule has 0 amide bonds. The fourth-order valence-electron chi connectivity index (χ4n) is 13.3. The van der Waals surface area contributed by atoms with Gasteiger partial charge in [-0.2, -0.15) is 0 Å². The van der Waals surface area contributed by atoms with Gasteiger partial charge in [-0.05, 0) is 150 Å². The summed E-state index contributed by atoms with van der Waals surface area (Å²) in [7, 11) is 0. The van der Waals surface area contributed by atoms with Crippen LogP contribution < -0.4 is 15.9 Å². The lowest BCUT2D eigenvalue weighted by Crippen LogP contribution is -2.51. The minimum atomic E-state index is -4.45. The molecule has 2 aliphatic carbocycles. The molecule has 0 spiro atoms. The van der Waals surface area contributed by atoms with Gasteiger partial charge in [-0.3, -0.25) is 14.4 Å². The molecule has 3 aromatic heterocycles. The number of carbonyl (C=O) groups is 1. The summed E-state index contributed by atoms with van der Waals surface area (Å²) < 4.78 is 52.3. The van der Waals surface area contributed by atoms with Crippen LogP contribution >= 0.6 is 23.2 Å². The van der Waals surface area contributed by atoms with E-state index < -0.39 is 24.1 Å². The van der Waals surface area contributed by atoms with Gasteiger partial charge >= 0.3 is 12.9 Å². The maximum absolute atomic E-state index is 18.1. The van der Waals surface area contributed by atoms with Gasteiger partial charge in [0, 0.05) is 79.6 Å². The zero-order valence-electron chi connectivity index (χ0n) is 43.0. The molecule has 0 radical (unpaired) electrons. The summed E-state index contributed by atoms with van der Waals surface area (Å²) in [6.45, 7) is -4.45. The predicted octanol–water partition coefficient (Wildman–Crippen LogP) is 15.5. The van der Waals surface area contributed by atoms with E-state index in [1.807, 2.05) is 109 Å². The van der Waals surface area contributed by atoms with Crippen molar-refractivity contribution in [2.75, 3.05) is 0 Å². The number of aromatic nitrogens is 2. The number of fused-ring (bicyclic) bond motifs is 11. The van der Waals surface area contributed by atoms with E-state index in [1.165, 1.54) is 25.7 Å². The Bertz CT molecular complexity index is 4670. The maximum atomic E-state index is 18.1. The SMILES string of the molecule is O=C(CCCc1ccc(-n2c(=O)c3ccc4oc5ccc(-c6ccccc6)cc5c5ccc(c2=O)c3c45)cc1)Oc1cc(Cl)c(C2=C3C=C4CCCc5ccccc5C4=[N+]3[B-](F)(F)n3c2cc2c3-c3ccccc3CCC2)c(Cl)c1. The normalized spacial score (nSPS) is 15.3. The summed E-state index contributed by atoms with van der Waals surface area (Å²) in [6.07, 6.45) is 7.34. The van der Waals surface area contributed by atoms with Crippen LogP contribution in [0.25, 0.3) is 77.1 Å². The number of esters is 1. The molecule has 80 heavy (non-hydrogen) atoms. The highest BCUT2D eigenvalue weighted by molar-refractivity contribution is 6.59. The number of carbonyl (C=O) groups excluding carboxylic acids is 1. The number of halogens is 4. The first-order valence-electron chi connectivity index (χ1n) is 27.2. The van der Waals surface area contributed by atoms with E-state index in [-0.39, 0.29) is 22.2 Å². The van der Waals surface area contributed by atoms with Gasteiger partial charge in [-0.15, -0.1) is 0 Å². The Balaban J connectivity index is 0.704. The number of nitrogens with zero attached hydrogens (tertiary/aromatic N) is 3. The first-order valence-corrected chi connectivity index (χ1v) is 28.0. The number of allylic oxidation sites excluding steroid dienone is 2. The molecule has 2 aliphatic heterocycles. The van der Waals surface area contributed by atoms with Crippen LogP contribution in [0.15, 0.2) is 195 Å². The Kier molecular flexibility index (Phi) is 11.2. The molecule has 15 rings (SSSR count). The third-order valence-corrected chi connectivity index (χ3v) is 17.4. The topological polar surface area (TPSA) is 86.5 Å². The molecule has 390 valence electrons. The predicted molar refractivity (Wildman–Crippen MR) is 315 cm³/mol. The summed E-state index contributed by atoms with van der Waals surface area (Å²) in [5, 5.41) is 4.23. The average Bonchev–Trinajstić information content (AvgIpc) is 2.99. The fourth-order valence-corrected chi connectivity index (χ4v) is 13.9. The van der Waals surface area contributed by atoms with E-state index in [2.05, 4.69) is 18.2 Å². The highest BCUT2D eigenvalue weighted by atomic mass is 35.5. The van der Waals surface area contributed by atoms with Crippen molar-refractivity contribution in [3.05, 3.63) is 251 Å². The number of hydrogen-bond acceptors (Lipinski definition) is 5. The van der Waals surface area contributed by atoms with Crippen LogP contribution in [0, 0.1) is 0 Å². The minimum absolute atomic E-state index is 0.0595. The maximum Gasteiger partial charge on any atom is 0.737 e. The van der Waals surface area contributed by atoms with Gasteiger partial charge in [-0.25, -0.2) is 4.57 Å². The molecule has 0 bridgehead atoms. The van der Waals surface area contributed by atoms with Crippen molar-refractivity contribution in [2.45, 2.75) is 57.8 Å². The Morgan fingerprint density at radius 2 is 1.29 bits per heavy atom. The van der Waals surface area contributed by atoms with Crippen LogP contribution in [0.1, 0.15) is 71.2 Å². The Morgan fingerprint density at radius 1 is 0.637 bits per heavy atom. The molecular formula is C67H46BCl2F2N3O5. The van der Waals surface area contributed by atoms with Crippen molar-refractivity contribution in [3.63, 3.8) is 0 Å². The number of hydrogen-bond donors (Lipinski definition) is 0. The van der Waals surface area contributed by atoms with Gasteiger partial charge in [0.15, 0.2) is 11.4 Å². The molecule has 0 saturated carbocycles. The largest absolute Gasteiger partial charge is 0.737 e. The monoisotopic (exact) mass is 1090 g/mol. The minimum Gasteiger partial charge on any atom is -0.456 e. The molecule has 0 atom stereocenters. The fraction of sp³-hybridized carbons (Fsp3) is 0.134. The lowest BCUT2D eigenvalue weighted by molar-refractivity contribution is -0.361. The number of ether oxygens (including phenoxy) is 1. The molecule has 0 fully saturated rings. The summed E-state index contributed by atoms with van der Waals surface area (Å²) in [5.74, 6) is -0.368. The molecule has 0 saturated heterocycles. The van der Waals surface area contributed by atoms with Crippen molar-refractivity contribution in [3.8, 4) is 33.8 Å². The average molecular weight is 1090 g/mol. The molecule has 0 N–H and O–H groups in total. The molecule has 13 heteroatoms. The van der Waals surface area contributed by atoms with Gasteiger partial charge in [0.05, 0.1) is 21.3 Å². The number of aryl methyl sites for hydroxylation is 4.